The number of aromatic nitrogens is 4. The van der Waals surface area contributed by atoms with E-state index in [-0.39, 0.29) is 0 Å². The van der Waals surface area contributed by atoms with E-state index in [9.17, 15) is 0 Å². The van der Waals surface area contributed by atoms with Crippen LogP contribution in [0.5, 0.6) is 0 Å². The highest BCUT2D eigenvalue weighted by Crippen LogP contribution is 2.17. The van der Waals surface area contributed by atoms with Crippen molar-refractivity contribution >= 4 is 5.82 Å². The minimum atomic E-state index is 0.602. The molecule has 20 heavy (non-hydrogen) atoms. The van der Waals surface area contributed by atoms with E-state index >= 15 is 0 Å². The molecular formula is C14H16N6. The molecule has 2 aromatic heterocycles. The van der Waals surface area contributed by atoms with Crippen molar-refractivity contribution in [3.63, 3.8) is 0 Å². The molecule has 0 bridgehead atoms. The van der Waals surface area contributed by atoms with Crippen molar-refractivity contribution in [2.24, 2.45) is 0 Å². The predicted molar refractivity (Wildman–Crippen MR) is 74.1 cm³/mol. The average Bonchev–Trinajstić information content (AvgIpc) is 2.99. The summed E-state index contributed by atoms with van der Waals surface area (Å²) in [7, 11) is 0. The SMILES string of the molecule is Cc1cc(NCc2nnc3n2CCC3)nc(C)c1C#N. The number of aryl methyl sites for hydroxylation is 3. The van der Waals surface area contributed by atoms with Crippen molar-refractivity contribution in [2.45, 2.75) is 39.8 Å². The highest BCUT2D eigenvalue weighted by atomic mass is 15.3. The highest BCUT2D eigenvalue weighted by molar-refractivity contribution is 5.48. The van der Waals surface area contributed by atoms with Crippen molar-refractivity contribution < 1.29 is 0 Å². The highest BCUT2D eigenvalue weighted by Gasteiger charge is 2.17. The van der Waals surface area contributed by atoms with Gasteiger partial charge in [0.2, 0.25) is 0 Å². The van der Waals surface area contributed by atoms with Crippen LogP contribution in [-0.4, -0.2) is 19.7 Å². The van der Waals surface area contributed by atoms with E-state index in [1.165, 1.54) is 0 Å². The van der Waals surface area contributed by atoms with Gasteiger partial charge in [0.25, 0.3) is 0 Å². The minimum absolute atomic E-state index is 0.602. The first kappa shape index (κ1) is 12.6. The summed E-state index contributed by atoms with van der Waals surface area (Å²) in [6.45, 7) is 5.38. The zero-order valence-corrected chi connectivity index (χ0v) is 11.6. The van der Waals surface area contributed by atoms with Gasteiger partial charge >= 0.3 is 0 Å². The van der Waals surface area contributed by atoms with Gasteiger partial charge in [-0.25, -0.2) is 4.98 Å². The third kappa shape index (κ3) is 2.11. The summed E-state index contributed by atoms with van der Waals surface area (Å²) < 4.78 is 2.16. The standard InChI is InChI=1S/C14H16N6/c1-9-6-12(17-10(2)11(9)7-15)16-8-14-19-18-13-4-3-5-20(13)14/h6H,3-5,8H2,1-2H3,(H,16,17). The zero-order valence-electron chi connectivity index (χ0n) is 11.6. The number of anilines is 1. The summed E-state index contributed by atoms with van der Waals surface area (Å²) in [5, 5.41) is 20.7. The number of rotatable bonds is 3. The van der Waals surface area contributed by atoms with Crippen molar-refractivity contribution in [3.05, 3.63) is 34.5 Å². The van der Waals surface area contributed by atoms with Gasteiger partial charge in [0.1, 0.15) is 17.7 Å². The third-order valence-electron chi connectivity index (χ3n) is 3.62. The lowest BCUT2D eigenvalue weighted by molar-refractivity contribution is 0.695. The Morgan fingerprint density at radius 3 is 3.00 bits per heavy atom. The lowest BCUT2D eigenvalue weighted by Gasteiger charge is -2.09. The number of nitrogens with zero attached hydrogens (tertiary/aromatic N) is 5. The molecule has 6 heteroatoms. The molecule has 0 radical (unpaired) electrons. The Hall–Kier alpha value is -2.42. The van der Waals surface area contributed by atoms with Crippen LogP contribution in [0.25, 0.3) is 0 Å². The largest absolute Gasteiger partial charge is 0.363 e. The van der Waals surface area contributed by atoms with E-state index in [0.29, 0.717) is 12.1 Å². The maximum Gasteiger partial charge on any atom is 0.152 e. The first-order valence-corrected chi connectivity index (χ1v) is 6.72. The average molecular weight is 268 g/mol. The molecule has 1 N–H and O–H groups in total. The van der Waals surface area contributed by atoms with E-state index in [2.05, 4.69) is 31.1 Å². The van der Waals surface area contributed by atoms with E-state index in [1.54, 1.807) is 0 Å². The Balaban J connectivity index is 1.77. The minimum Gasteiger partial charge on any atom is -0.363 e. The Morgan fingerprint density at radius 2 is 2.25 bits per heavy atom. The summed E-state index contributed by atoms with van der Waals surface area (Å²) in [5.74, 6) is 2.79. The van der Waals surface area contributed by atoms with Crippen LogP contribution >= 0.6 is 0 Å². The van der Waals surface area contributed by atoms with Crippen LogP contribution in [0, 0.1) is 25.2 Å². The molecule has 3 rings (SSSR count). The molecule has 2 aromatic rings. The third-order valence-corrected chi connectivity index (χ3v) is 3.62. The van der Waals surface area contributed by atoms with E-state index in [1.807, 2.05) is 19.9 Å². The molecule has 1 aliphatic heterocycles. The molecule has 102 valence electrons. The second-order valence-corrected chi connectivity index (χ2v) is 5.04. The smallest absolute Gasteiger partial charge is 0.152 e. The number of pyridine rings is 1. The van der Waals surface area contributed by atoms with Crippen LogP contribution in [-0.2, 0) is 19.5 Å². The van der Waals surface area contributed by atoms with Gasteiger partial charge in [-0.05, 0) is 31.9 Å². The normalized spacial score (nSPS) is 13.1. The van der Waals surface area contributed by atoms with Gasteiger partial charge in [0.05, 0.1) is 17.8 Å². The quantitative estimate of drug-likeness (QED) is 0.916. The molecular weight excluding hydrogens is 252 g/mol. The molecule has 0 aliphatic carbocycles. The second kappa shape index (κ2) is 4.93. The van der Waals surface area contributed by atoms with Gasteiger partial charge in [-0.2, -0.15) is 5.26 Å². The molecule has 0 fully saturated rings. The Kier molecular flexibility index (Phi) is 3.11. The summed E-state index contributed by atoms with van der Waals surface area (Å²) >= 11 is 0. The molecule has 1 aliphatic rings. The van der Waals surface area contributed by atoms with E-state index < -0.39 is 0 Å². The molecule has 0 saturated heterocycles. The lowest BCUT2D eigenvalue weighted by atomic mass is 10.1. The summed E-state index contributed by atoms with van der Waals surface area (Å²) in [4.78, 5) is 4.41. The Labute approximate surface area is 117 Å². The van der Waals surface area contributed by atoms with Crippen molar-refractivity contribution in [1.29, 1.82) is 5.26 Å². The summed E-state index contributed by atoms with van der Waals surface area (Å²) in [5.41, 5.74) is 2.34. The van der Waals surface area contributed by atoms with Gasteiger partial charge in [0.15, 0.2) is 5.82 Å². The maximum absolute atomic E-state index is 9.04. The number of nitrogens with one attached hydrogen (secondary N) is 1. The van der Waals surface area contributed by atoms with Crippen LogP contribution in [0.2, 0.25) is 0 Å². The number of hydrogen-bond acceptors (Lipinski definition) is 5. The van der Waals surface area contributed by atoms with Crippen LogP contribution in [0.15, 0.2) is 6.07 Å². The van der Waals surface area contributed by atoms with Gasteiger partial charge in [-0.15, -0.1) is 10.2 Å². The van der Waals surface area contributed by atoms with Crippen molar-refractivity contribution in [3.8, 4) is 6.07 Å². The van der Waals surface area contributed by atoms with Crippen molar-refractivity contribution in [1.82, 2.24) is 19.7 Å². The van der Waals surface area contributed by atoms with Gasteiger partial charge in [-0.3, -0.25) is 0 Å². The Morgan fingerprint density at radius 1 is 1.40 bits per heavy atom. The molecule has 0 saturated carbocycles. The first-order valence-electron chi connectivity index (χ1n) is 6.72. The molecule has 0 atom stereocenters. The Bertz CT molecular complexity index is 671. The summed E-state index contributed by atoms with van der Waals surface area (Å²) in [6.07, 6.45) is 2.16. The summed E-state index contributed by atoms with van der Waals surface area (Å²) in [6, 6.07) is 4.07. The van der Waals surface area contributed by atoms with Gasteiger partial charge in [0, 0.05) is 13.0 Å². The fourth-order valence-electron chi connectivity index (χ4n) is 2.60. The van der Waals surface area contributed by atoms with Crippen molar-refractivity contribution in [2.75, 3.05) is 5.32 Å². The molecule has 0 unspecified atom stereocenters. The van der Waals surface area contributed by atoms with Crippen LogP contribution < -0.4 is 5.32 Å². The molecule has 6 nitrogen and oxygen atoms in total. The molecule has 3 heterocycles. The molecule has 0 spiro atoms. The van der Waals surface area contributed by atoms with Crippen LogP contribution in [0.4, 0.5) is 5.82 Å². The zero-order chi connectivity index (χ0) is 14.1. The maximum atomic E-state index is 9.04. The lowest BCUT2D eigenvalue weighted by Crippen LogP contribution is -2.09. The molecule has 0 amide bonds. The van der Waals surface area contributed by atoms with Crippen LogP contribution in [0.3, 0.4) is 0 Å². The van der Waals surface area contributed by atoms with E-state index in [0.717, 1.165) is 48.1 Å². The second-order valence-electron chi connectivity index (χ2n) is 5.04. The number of nitriles is 1. The number of fused-ring (bicyclic) bond motifs is 1. The van der Waals surface area contributed by atoms with Crippen LogP contribution in [0.1, 0.15) is 34.9 Å². The fourth-order valence-corrected chi connectivity index (χ4v) is 2.60. The van der Waals surface area contributed by atoms with Gasteiger partial charge < -0.3 is 9.88 Å². The number of hydrogen-bond donors (Lipinski definition) is 1. The first-order chi connectivity index (χ1) is 9.69. The van der Waals surface area contributed by atoms with E-state index in [4.69, 9.17) is 5.26 Å². The van der Waals surface area contributed by atoms with Gasteiger partial charge in [-0.1, -0.05) is 0 Å². The monoisotopic (exact) mass is 268 g/mol. The topological polar surface area (TPSA) is 79.4 Å². The molecule has 0 aromatic carbocycles. The predicted octanol–water partition coefficient (Wildman–Crippen LogP) is 1.72. The fraction of sp³-hybridized carbons (Fsp3) is 0.429.